The lowest BCUT2D eigenvalue weighted by atomic mass is 10.1. The molecular weight excluding hydrogens is 358 g/mol. The van der Waals surface area contributed by atoms with Crippen molar-refractivity contribution >= 4 is 29.2 Å². The maximum absolute atomic E-state index is 12.3. The zero-order chi connectivity index (χ0) is 18.8. The monoisotopic (exact) mass is 375 g/mol. The Morgan fingerprint density at radius 1 is 1.19 bits per heavy atom. The molecule has 1 amide bonds. The molecule has 26 heavy (non-hydrogen) atoms. The van der Waals surface area contributed by atoms with Crippen LogP contribution in [0.1, 0.15) is 28.4 Å². The molecule has 0 aliphatic carbocycles. The highest BCUT2D eigenvalue weighted by atomic mass is 35.5. The number of halogens is 1. The van der Waals surface area contributed by atoms with Crippen LogP contribution < -0.4 is 14.8 Å². The Balaban J connectivity index is 1.68. The van der Waals surface area contributed by atoms with Gasteiger partial charge in [0.05, 0.1) is 10.6 Å². The smallest absolute Gasteiger partial charge is 0.339 e. The predicted molar refractivity (Wildman–Crippen MR) is 97.0 cm³/mol. The van der Waals surface area contributed by atoms with Gasteiger partial charge in [0.15, 0.2) is 17.6 Å². The van der Waals surface area contributed by atoms with Crippen LogP contribution in [0.4, 0.5) is 5.69 Å². The lowest BCUT2D eigenvalue weighted by molar-refractivity contribution is -0.123. The molecule has 0 fully saturated rings. The molecule has 0 bridgehead atoms. The van der Waals surface area contributed by atoms with E-state index in [2.05, 4.69) is 5.32 Å². The summed E-state index contributed by atoms with van der Waals surface area (Å²) in [7, 11) is 0. The maximum Gasteiger partial charge on any atom is 0.339 e. The fourth-order valence-corrected chi connectivity index (χ4v) is 2.74. The van der Waals surface area contributed by atoms with Crippen LogP contribution in [0.25, 0.3) is 0 Å². The molecule has 1 aliphatic heterocycles. The average molecular weight is 376 g/mol. The van der Waals surface area contributed by atoms with Gasteiger partial charge in [0.1, 0.15) is 0 Å². The van der Waals surface area contributed by atoms with E-state index in [0.717, 1.165) is 11.1 Å². The zero-order valence-electron chi connectivity index (χ0n) is 14.6. The minimum atomic E-state index is -0.980. The largest absolute Gasteiger partial charge is 0.454 e. The number of carbonyl (C=O) groups excluding carboxylic acids is 2. The van der Waals surface area contributed by atoms with E-state index in [1.807, 2.05) is 32.0 Å². The van der Waals surface area contributed by atoms with E-state index in [-0.39, 0.29) is 17.4 Å². The second-order valence-corrected chi connectivity index (χ2v) is 6.45. The molecule has 0 saturated heterocycles. The van der Waals surface area contributed by atoms with Crippen molar-refractivity contribution in [2.75, 3.05) is 12.1 Å². The Morgan fingerprint density at radius 2 is 1.96 bits per heavy atom. The van der Waals surface area contributed by atoms with Gasteiger partial charge in [-0.15, -0.1) is 0 Å². The summed E-state index contributed by atoms with van der Waals surface area (Å²) in [6, 6.07) is 8.63. The van der Waals surface area contributed by atoms with Gasteiger partial charge >= 0.3 is 5.97 Å². The van der Waals surface area contributed by atoms with Gasteiger partial charge in [-0.3, -0.25) is 4.79 Å². The lowest BCUT2D eigenvalue weighted by Gasteiger charge is -2.15. The molecule has 1 atom stereocenters. The van der Waals surface area contributed by atoms with E-state index in [0.29, 0.717) is 17.2 Å². The molecule has 0 radical (unpaired) electrons. The van der Waals surface area contributed by atoms with E-state index in [1.165, 1.54) is 19.1 Å². The molecule has 1 N–H and O–H groups in total. The molecule has 0 unspecified atom stereocenters. The number of hydrogen-bond donors (Lipinski definition) is 1. The first kappa shape index (κ1) is 18.1. The van der Waals surface area contributed by atoms with Gasteiger partial charge in [-0.1, -0.05) is 23.7 Å². The summed E-state index contributed by atoms with van der Waals surface area (Å²) in [6.45, 7) is 5.37. The normalized spacial score (nSPS) is 13.2. The van der Waals surface area contributed by atoms with E-state index < -0.39 is 18.0 Å². The zero-order valence-corrected chi connectivity index (χ0v) is 15.3. The maximum atomic E-state index is 12.3. The standard InChI is InChI=1S/C19H18ClNO5/c1-10-4-5-11(2)15(6-10)21-18(22)12(3)26-19(23)13-7-14(20)17-16(8-13)24-9-25-17/h4-8,12H,9H2,1-3H3,(H,21,22)/t12-/m0/s1. The fraction of sp³-hybridized carbons (Fsp3) is 0.263. The van der Waals surface area contributed by atoms with Gasteiger partial charge in [0.2, 0.25) is 6.79 Å². The summed E-state index contributed by atoms with van der Waals surface area (Å²) < 4.78 is 15.7. The highest BCUT2D eigenvalue weighted by Gasteiger charge is 2.24. The van der Waals surface area contributed by atoms with Crippen molar-refractivity contribution in [3.8, 4) is 11.5 Å². The number of nitrogens with one attached hydrogen (secondary N) is 1. The molecule has 3 rings (SSSR count). The molecule has 6 nitrogen and oxygen atoms in total. The summed E-state index contributed by atoms with van der Waals surface area (Å²) in [5, 5.41) is 3.02. The van der Waals surface area contributed by atoms with Gasteiger partial charge < -0.3 is 19.5 Å². The molecule has 0 saturated carbocycles. The summed E-state index contributed by atoms with van der Waals surface area (Å²) >= 11 is 6.07. The first-order chi connectivity index (χ1) is 12.3. The molecule has 2 aromatic rings. The van der Waals surface area contributed by atoms with Crippen LogP contribution in [0.3, 0.4) is 0 Å². The van der Waals surface area contributed by atoms with Crippen molar-refractivity contribution < 1.29 is 23.8 Å². The van der Waals surface area contributed by atoms with Crippen LogP contribution in [0, 0.1) is 13.8 Å². The quantitative estimate of drug-likeness (QED) is 0.821. The summed E-state index contributed by atoms with van der Waals surface area (Å²) in [4.78, 5) is 24.7. The molecule has 7 heteroatoms. The number of hydrogen-bond acceptors (Lipinski definition) is 5. The van der Waals surface area contributed by atoms with Gasteiger partial charge in [0.25, 0.3) is 5.91 Å². The van der Waals surface area contributed by atoms with Crippen LogP contribution in [0.2, 0.25) is 5.02 Å². The van der Waals surface area contributed by atoms with Gasteiger partial charge in [-0.05, 0) is 50.1 Å². The highest BCUT2D eigenvalue weighted by Crippen LogP contribution is 2.39. The molecule has 2 aromatic carbocycles. The Labute approximate surface area is 156 Å². The van der Waals surface area contributed by atoms with E-state index >= 15 is 0 Å². The van der Waals surface area contributed by atoms with Crippen molar-refractivity contribution in [1.82, 2.24) is 0 Å². The number of ether oxygens (including phenoxy) is 3. The first-order valence-corrected chi connectivity index (χ1v) is 8.41. The predicted octanol–water partition coefficient (Wildman–Crippen LogP) is 3.87. The third kappa shape index (κ3) is 3.75. The van der Waals surface area contributed by atoms with E-state index in [9.17, 15) is 9.59 Å². The Kier molecular flexibility index (Phi) is 5.04. The number of amides is 1. The third-order valence-corrected chi connectivity index (χ3v) is 4.25. The summed E-state index contributed by atoms with van der Waals surface area (Å²) in [5.74, 6) is -0.325. The molecule has 1 heterocycles. The van der Waals surface area contributed by atoms with Crippen LogP contribution >= 0.6 is 11.6 Å². The summed E-state index contributed by atoms with van der Waals surface area (Å²) in [6.07, 6.45) is -0.980. The number of carbonyl (C=O) groups is 2. The number of esters is 1. The SMILES string of the molecule is Cc1ccc(C)c(NC(=O)[C@H](C)OC(=O)c2cc(Cl)c3c(c2)OCO3)c1. The van der Waals surface area contributed by atoms with Crippen LogP contribution in [-0.4, -0.2) is 24.8 Å². The molecule has 0 spiro atoms. The third-order valence-electron chi connectivity index (χ3n) is 3.97. The minimum Gasteiger partial charge on any atom is -0.454 e. The summed E-state index contributed by atoms with van der Waals surface area (Å²) in [5.41, 5.74) is 2.81. The van der Waals surface area contributed by atoms with Gasteiger partial charge in [-0.2, -0.15) is 0 Å². The fourth-order valence-electron chi connectivity index (χ4n) is 2.47. The van der Waals surface area contributed by atoms with Crippen molar-refractivity contribution in [3.63, 3.8) is 0 Å². The second kappa shape index (κ2) is 7.25. The number of anilines is 1. The molecule has 136 valence electrons. The van der Waals surface area contributed by atoms with Crippen molar-refractivity contribution in [2.24, 2.45) is 0 Å². The van der Waals surface area contributed by atoms with Crippen LogP contribution in [0.15, 0.2) is 30.3 Å². The Bertz CT molecular complexity index is 880. The number of rotatable bonds is 4. The molecule has 1 aliphatic rings. The number of fused-ring (bicyclic) bond motifs is 1. The molecule has 0 aromatic heterocycles. The van der Waals surface area contributed by atoms with Crippen LogP contribution in [-0.2, 0) is 9.53 Å². The second-order valence-electron chi connectivity index (χ2n) is 6.05. The Morgan fingerprint density at radius 3 is 2.73 bits per heavy atom. The topological polar surface area (TPSA) is 73.9 Å². The van der Waals surface area contributed by atoms with Crippen molar-refractivity contribution in [1.29, 1.82) is 0 Å². The van der Waals surface area contributed by atoms with Gasteiger partial charge in [0, 0.05) is 5.69 Å². The Hall–Kier alpha value is -2.73. The number of benzene rings is 2. The van der Waals surface area contributed by atoms with Crippen LogP contribution in [0.5, 0.6) is 11.5 Å². The van der Waals surface area contributed by atoms with E-state index in [4.69, 9.17) is 25.8 Å². The molecular formula is C19H18ClNO5. The van der Waals surface area contributed by atoms with Gasteiger partial charge in [-0.25, -0.2) is 4.79 Å². The minimum absolute atomic E-state index is 0.0439. The van der Waals surface area contributed by atoms with E-state index in [1.54, 1.807) is 0 Å². The van der Waals surface area contributed by atoms with Crippen molar-refractivity contribution in [2.45, 2.75) is 26.9 Å². The average Bonchev–Trinajstić information content (AvgIpc) is 3.07. The first-order valence-electron chi connectivity index (χ1n) is 8.03. The highest BCUT2D eigenvalue weighted by molar-refractivity contribution is 6.32. The lowest BCUT2D eigenvalue weighted by Crippen LogP contribution is -2.30. The number of aryl methyl sites for hydroxylation is 2. The van der Waals surface area contributed by atoms with Crippen molar-refractivity contribution in [3.05, 3.63) is 52.0 Å².